The normalized spacial score (nSPS) is 10.2. The van der Waals surface area contributed by atoms with E-state index >= 15 is 0 Å². The number of carbonyl (C=O) groups excluding carboxylic acids is 1. The molecule has 0 saturated heterocycles. The molecule has 1 amide bonds. The van der Waals surface area contributed by atoms with Crippen LogP contribution >= 0.6 is 15.9 Å². The van der Waals surface area contributed by atoms with Gasteiger partial charge < -0.3 is 14.8 Å². The number of para-hydroxylation sites is 2. The fourth-order valence-electron chi connectivity index (χ4n) is 2.07. The first-order valence-corrected chi connectivity index (χ1v) is 8.31. The molecule has 4 nitrogen and oxygen atoms in total. The van der Waals surface area contributed by atoms with Crippen molar-refractivity contribution >= 4 is 27.5 Å². The highest BCUT2D eigenvalue weighted by Gasteiger charge is 2.15. The van der Waals surface area contributed by atoms with Gasteiger partial charge in [0.1, 0.15) is 11.5 Å². The Morgan fingerprint density at radius 3 is 2.70 bits per heavy atom. The smallest absolute Gasteiger partial charge is 0.259 e. The fraction of sp³-hybridized carbons (Fsp3) is 0.278. The molecule has 0 aliphatic heterocycles. The summed E-state index contributed by atoms with van der Waals surface area (Å²) in [4.78, 5) is 12.6. The summed E-state index contributed by atoms with van der Waals surface area (Å²) in [6, 6.07) is 12.7. The molecule has 0 atom stereocenters. The zero-order valence-corrected chi connectivity index (χ0v) is 14.9. The molecule has 2 aromatic carbocycles. The maximum Gasteiger partial charge on any atom is 0.259 e. The lowest BCUT2D eigenvalue weighted by molar-refractivity contribution is 0.102. The first-order chi connectivity index (χ1) is 11.2. The van der Waals surface area contributed by atoms with Crippen molar-refractivity contribution in [1.82, 2.24) is 0 Å². The first kappa shape index (κ1) is 17.3. The van der Waals surface area contributed by atoms with Crippen molar-refractivity contribution in [3.63, 3.8) is 0 Å². The average molecular weight is 378 g/mol. The van der Waals surface area contributed by atoms with Crippen molar-refractivity contribution < 1.29 is 14.3 Å². The van der Waals surface area contributed by atoms with E-state index in [9.17, 15) is 4.79 Å². The van der Waals surface area contributed by atoms with Crippen LogP contribution in [0.4, 0.5) is 5.69 Å². The highest BCUT2D eigenvalue weighted by Crippen LogP contribution is 2.27. The molecule has 122 valence electrons. The van der Waals surface area contributed by atoms with Gasteiger partial charge in [-0.3, -0.25) is 4.79 Å². The van der Waals surface area contributed by atoms with Crippen LogP contribution in [-0.2, 0) is 0 Å². The molecule has 0 radical (unpaired) electrons. The van der Waals surface area contributed by atoms with E-state index in [0.29, 0.717) is 29.4 Å². The third kappa shape index (κ3) is 4.73. The Labute approximate surface area is 144 Å². The van der Waals surface area contributed by atoms with E-state index in [-0.39, 0.29) is 5.91 Å². The topological polar surface area (TPSA) is 47.6 Å². The Morgan fingerprint density at radius 2 is 1.96 bits per heavy atom. The summed E-state index contributed by atoms with van der Waals surface area (Å²) < 4.78 is 11.8. The summed E-state index contributed by atoms with van der Waals surface area (Å²) in [7, 11) is 1.54. The molecular formula is C18H20BrNO3. The minimum Gasteiger partial charge on any atom is -0.496 e. The van der Waals surface area contributed by atoms with Crippen LogP contribution < -0.4 is 14.8 Å². The summed E-state index contributed by atoms with van der Waals surface area (Å²) >= 11 is 3.38. The van der Waals surface area contributed by atoms with Crippen molar-refractivity contribution in [2.24, 2.45) is 0 Å². The van der Waals surface area contributed by atoms with Crippen LogP contribution in [0, 0.1) is 0 Å². The molecular weight excluding hydrogens is 358 g/mol. The number of halogens is 1. The number of nitrogens with one attached hydrogen (secondary N) is 1. The van der Waals surface area contributed by atoms with Crippen molar-refractivity contribution in [2.75, 3.05) is 19.0 Å². The highest BCUT2D eigenvalue weighted by molar-refractivity contribution is 9.10. The number of methoxy groups -OCH3 is 1. The number of hydrogen-bond donors (Lipinski definition) is 1. The van der Waals surface area contributed by atoms with Crippen LogP contribution in [0.3, 0.4) is 0 Å². The van der Waals surface area contributed by atoms with Gasteiger partial charge in [0, 0.05) is 4.47 Å². The van der Waals surface area contributed by atoms with Gasteiger partial charge in [-0.15, -0.1) is 0 Å². The second-order valence-electron chi connectivity index (χ2n) is 5.00. The Morgan fingerprint density at radius 1 is 1.17 bits per heavy atom. The molecule has 0 bridgehead atoms. The summed E-state index contributed by atoms with van der Waals surface area (Å²) in [6.45, 7) is 2.74. The third-order valence-electron chi connectivity index (χ3n) is 3.30. The van der Waals surface area contributed by atoms with Crippen LogP contribution in [0.2, 0.25) is 0 Å². The summed E-state index contributed by atoms with van der Waals surface area (Å²) in [5.74, 6) is 0.952. The van der Waals surface area contributed by atoms with E-state index < -0.39 is 0 Å². The van der Waals surface area contributed by atoms with Gasteiger partial charge in [0.05, 0.1) is 25.0 Å². The number of rotatable bonds is 7. The van der Waals surface area contributed by atoms with Crippen LogP contribution in [-0.4, -0.2) is 19.6 Å². The van der Waals surface area contributed by atoms with Crippen LogP contribution in [0.1, 0.15) is 30.1 Å². The summed E-state index contributed by atoms with van der Waals surface area (Å²) in [6.07, 6.45) is 2.03. The van der Waals surface area contributed by atoms with Gasteiger partial charge in [-0.1, -0.05) is 41.4 Å². The summed E-state index contributed by atoms with van der Waals surface area (Å²) in [5.41, 5.74) is 1.11. The average Bonchev–Trinajstić information content (AvgIpc) is 2.56. The minimum atomic E-state index is -0.241. The molecule has 2 aromatic rings. The summed E-state index contributed by atoms with van der Waals surface area (Å²) in [5, 5.41) is 2.89. The number of ether oxygens (including phenoxy) is 2. The molecule has 0 saturated carbocycles. The van der Waals surface area contributed by atoms with Gasteiger partial charge >= 0.3 is 0 Å². The predicted octanol–water partition coefficient (Wildman–Crippen LogP) is 4.89. The number of hydrogen-bond acceptors (Lipinski definition) is 3. The molecule has 0 unspecified atom stereocenters. The lowest BCUT2D eigenvalue weighted by Gasteiger charge is -2.13. The molecule has 5 heteroatoms. The lowest BCUT2D eigenvalue weighted by atomic mass is 10.2. The van der Waals surface area contributed by atoms with Gasteiger partial charge in [-0.2, -0.15) is 0 Å². The van der Waals surface area contributed by atoms with Crippen LogP contribution in [0.15, 0.2) is 46.9 Å². The van der Waals surface area contributed by atoms with Crippen molar-refractivity contribution in [2.45, 2.75) is 19.8 Å². The third-order valence-corrected chi connectivity index (χ3v) is 3.79. The maximum atomic E-state index is 12.6. The van der Waals surface area contributed by atoms with Gasteiger partial charge in [-0.05, 0) is 36.8 Å². The Balaban J connectivity index is 2.19. The van der Waals surface area contributed by atoms with Gasteiger partial charge in [0.2, 0.25) is 0 Å². The fourth-order valence-corrected chi connectivity index (χ4v) is 2.43. The van der Waals surface area contributed by atoms with Gasteiger partial charge in [0.15, 0.2) is 0 Å². The zero-order chi connectivity index (χ0) is 16.7. The predicted molar refractivity (Wildman–Crippen MR) is 95.5 cm³/mol. The molecule has 0 heterocycles. The van der Waals surface area contributed by atoms with E-state index in [2.05, 4.69) is 28.2 Å². The number of carbonyl (C=O) groups is 1. The molecule has 2 rings (SSSR count). The van der Waals surface area contributed by atoms with Crippen molar-refractivity contribution in [3.8, 4) is 11.5 Å². The van der Waals surface area contributed by atoms with E-state index in [1.54, 1.807) is 19.2 Å². The molecule has 1 N–H and O–H groups in total. The second kappa shape index (κ2) is 8.58. The quantitative estimate of drug-likeness (QED) is 0.698. The van der Waals surface area contributed by atoms with Crippen LogP contribution in [0.25, 0.3) is 0 Å². The zero-order valence-electron chi connectivity index (χ0n) is 13.3. The van der Waals surface area contributed by atoms with E-state index in [0.717, 1.165) is 17.3 Å². The van der Waals surface area contributed by atoms with Gasteiger partial charge in [-0.25, -0.2) is 0 Å². The number of amides is 1. The van der Waals surface area contributed by atoms with Crippen LogP contribution in [0.5, 0.6) is 11.5 Å². The van der Waals surface area contributed by atoms with Crippen molar-refractivity contribution in [1.29, 1.82) is 0 Å². The molecule has 0 aliphatic carbocycles. The molecule has 0 aliphatic rings. The molecule has 0 spiro atoms. The van der Waals surface area contributed by atoms with Crippen molar-refractivity contribution in [3.05, 3.63) is 52.5 Å². The van der Waals surface area contributed by atoms with Gasteiger partial charge in [0.25, 0.3) is 5.91 Å². The minimum absolute atomic E-state index is 0.241. The van der Waals surface area contributed by atoms with E-state index in [1.807, 2.05) is 30.3 Å². The molecule has 0 aromatic heterocycles. The second-order valence-corrected chi connectivity index (χ2v) is 5.91. The Kier molecular flexibility index (Phi) is 6.47. The first-order valence-electron chi connectivity index (χ1n) is 7.52. The Hall–Kier alpha value is -2.01. The number of anilines is 1. The number of benzene rings is 2. The van der Waals surface area contributed by atoms with E-state index in [1.165, 1.54) is 0 Å². The highest BCUT2D eigenvalue weighted by atomic mass is 79.9. The molecule has 23 heavy (non-hydrogen) atoms. The SMILES string of the molecule is CCCCOc1ccccc1NC(=O)c1cc(Br)ccc1OC. The lowest BCUT2D eigenvalue weighted by Crippen LogP contribution is -2.14. The maximum absolute atomic E-state index is 12.6. The molecule has 0 fully saturated rings. The van der Waals surface area contributed by atoms with E-state index in [4.69, 9.17) is 9.47 Å². The largest absolute Gasteiger partial charge is 0.496 e. The standard InChI is InChI=1S/C18H20BrNO3/c1-3-4-11-23-17-8-6-5-7-15(17)20-18(21)14-12-13(19)9-10-16(14)22-2/h5-10,12H,3-4,11H2,1-2H3,(H,20,21). The number of unbranched alkanes of at least 4 members (excludes halogenated alkanes) is 1. The Bertz CT molecular complexity index is 673. The monoisotopic (exact) mass is 377 g/mol.